The molecule has 1 N–H and O–H groups in total. The van der Waals surface area contributed by atoms with E-state index < -0.39 is 0 Å². The third-order valence-corrected chi connectivity index (χ3v) is 5.36. The minimum absolute atomic E-state index is 0.652. The summed E-state index contributed by atoms with van der Waals surface area (Å²) in [5, 5.41) is 4.92. The first kappa shape index (κ1) is 10.9. The molecule has 0 saturated heterocycles. The van der Waals surface area contributed by atoms with Gasteiger partial charge in [-0.25, -0.2) is 0 Å². The first-order valence-corrected chi connectivity index (χ1v) is 7.87. The molecule has 0 aromatic heterocycles. The van der Waals surface area contributed by atoms with Gasteiger partial charge in [-0.15, -0.1) is 0 Å². The van der Waals surface area contributed by atoms with Crippen LogP contribution in [0.4, 0.5) is 0 Å². The van der Waals surface area contributed by atoms with Gasteiger partial charge in [-0.1, -0.05) is 37.4 Å². The zero-order valence-electron chi connectivity index (χ0n) is 9.95. The fraction of sp³-hybridized carbons (Fsp3) is 0.923. The molecule has 90 valence electrons. The third kappa shape index (κ3) is 2.39. The molecule has 2 nitrogen and oxygen atoms in total. The monoisotopic (exact) mass is 238 g/mol. The molecule has 3 heteroatoms. The second-order valence-electron chi connectivity index (χ2n) is 5.48. The Morgan fingerprint density at radius 2 is 1.75 bits per heavy atom. The highest BCUT2D eigenvalue weighted by Gasteiger charge is 2.29. The summed E-state index contributed by atoms with van der Waals surface area (Å²) >= 11 is 1.97. The minimum Gasteiger partial charge on any atom is -0.362 e. The van der Waals surface area contributed by atoms with Gasteiger partial charge in [-0.05, 0) is 31.6 Å². The molecular weight excluding hydrogens is 216 g/mol. The molecule has 3 aliphatic rings. The highest BCUT2D eigenvalue weighted by atomic mass is 32.2. The van der Waals surface area contributed by atoms with Gasteiger partial charge in [0.15, 0.2) is 5.17 Å². The molecule has 1 aliphatic heterocycles. The minimum atomic E-state index is 0.652. The molecule has 3 rings (SSSR count). The molecule has 0 radical (unpaired) electrons. The van der Waals surface area contributed by atoms with Crippen LogP contribution < -0.4 is 5.32 Å². The topological polar surface area (TPSA) is 24.4 Å². The Balaban J connectivity index is 1.60. The van der Waals surface area contributed by atoms with Crippen molar-refractivity contribution in [2.24, 2.45) is 10.9 Å². The third-order valence-electron chi connectivity index (χ3n) is 4.27. The number of amidine groups is 1. The van der Waals surface area contributed by atoms with Crippen molar-refractivity contribution in [1.82, 2.24) is 5.32 Å². The van der Waals surface area contributed by atoms with Crippen LogP contribution in [0, 0.1) is 5.92 Å². The quantitative estimate of drug-likeness (QED) is 0.759. The molecule has 2 fully saturated rings. The Morgan fingerprint density at radius 1 is 1.00 bits per heavy atom. The van der Waals surface area contributed by atoms with Crippen LogP contribution in [0.3, 0.4) is 0 Å². The summed E-state index contributed by atoms with van der Waals surface area (Å²) in [6.07, 6.45) is 11.1. The number of nitrogens with one attached hydrogen (secondary N) is 1. The van der Waals surface area contributed by atoms with Gasteiger partial charge < -0.3 is 5.32 Å². The van der Waals surface area contributed by atoms with Crippen molar-refractivity contribution in [1.29, 1.82) is 0 Å². The van der Waals surface area contributed by atoms with E-state index in [1.807, 2.05) is 11.8 Å². The van der Waals surface area contributed by atoms with Gasteiger partial charge in [0.2, 0.25) is 0 Å². The Labute approximate surface area is 103 Å². The highest BCUT2D eigenvalue weighted by molar-refractivity contribution is 8.13. The predicted molar refractivity (Wildman–Crippen MR) is 71.0 cm³/mol. The maximum absolute atomic E-state index is 4.94. The molecule has 2 saturated carbocycles. The first-order valence-electron chi connectivity index (χ1n) is 6.89. The molecule has 0 aromatic rings. The van der Waals surface area contributed by atoms with Crippen molar-refractivity contribution < 1.29 is 0 Å². The maximum Gasteiger partial charge on any atom is 0.157 e. The van der Waals surface area contributed by atoms with E-state index in [1.165, 1.54) is 62.3 Å². The number of hydrogen-bond acceptors (Lipinski definition) is 3. The van der Waals surface area contributed by atoms with Crippen molar-refractivity contribution >= 4 is 16.9 Å². The van der Waals surface area contributed by atoms with Crippen molar-refractivity contribution in [2.45, 2.75) is 63.5 Å². The summed E-state index contributed by atoms with van der Waals surface area (Å²) in [6, 6.07) is 1.38. The van der Waals surface area contributed by atoms with Crippen molar-refractivity contribution in [2.75, 3.05) is 5.75 Å². The molecule has 2 unspecified atom stereocenters. The smallest absolute Gasteiger partial charge is 0.157 e. The zero-order chi connectivity index (χ0) is 10.8. The summed E-state index contributed by atoms with van der Waals surface area (Å²) in [4.78, 5) is 4.94. The van der Waals surface area contributed by atoms with Crippen LogP contribution in [-0.2, 0) is 0 Å². The number of rotatable bonds is 1. The number of aliphatic imine (C=N–C) groups is 1. The SMILES string of the molecule is C1CCC(NC2=NC3CCCCC3CS2)C1. The number of nitrogens with zero attached hydrogens (tertiary/aromatic N) is 1. The highest BCUT2D eigenvalue weighted by Crippen LogP contribution is 2.34. The van der Waals surface area contributed by atoms with E-state index in [0.29, 0.717) is 6.04 Å². The average Bonchev–Trinajstić information content (AvgIpc) is 2.82. The normalized spacial score (nSPS) is 35.6. The van der Waals surface area contributed by atoms with E-state index in [0.717, 1.165) is 12.0 Å². The fourth-order valence-corrected chi connectivity index (χ4v) is 4.47. The lowest BCUT2D eigenvalue weighted by molar-refractivity contribution is 0.335. The summed E-state index contributed by atoms with van der Waals surface area (Å²) < 4.78 is 0. The molecule has 0 amide bonds. The maximum atomic E-state index is 4.94. The van der Waals surface area contributed by atoms with Crippen molar-refractivity contribution in [3.05, 3.63) is 0 Å². The van der Waals surface area contributed by atoms with E-state index in [2.05, 4.69) is 5.32 Å². The zero-order valence-corrected chi connectivity index (χ0v) is 10.8. The van der Waals surface area contributed by atoms with E-state index in [1.54, 1.807) is 0 Å². The van der Waals surface area contributed by atoms with Gasteiger partial charge in [0.1, 0.15) is 0 Å². The standard InChI is InChI=1S/C13H22N2S/c1-4-8-12-10(5-1)9-16-13(15-12)14-11-6-2-3-7-11/h10-12H,1-9H2,(H,14,15). The van der Waals surface area contributed by atoms with Crippen molar-refractivity contribution in [3.8, 4) is 0 Å². The molecule has 2 aliphatic carbocycles. The lowest BCUT2D eigenvalue weighted by Gasteiger charge is -2.33. The molecular formula is C13H22N2S. The Morgan fingerprint density at radius 3 is 2.62 bits per heavy atom. The lowest BCUT2D eigenvalue weighted by atomic mass is 9.86. The second-order valence-corrected chi connectivity index (χ2v) is 6.49. The van der Waals surface area contributed by atoms with Gasteiger partial charge in [0.25, 0.3) is 0 Å². The predicted octanol–water partition coefficient (Wildman–Crippen LogP) is 3.18. The molecule has 0 aromatic carbocycles. The van der Waals surface area contributed by atoms with Gasteiger partial charge in [0, 0.05) is 11.8 Å². The molecule has 1 heterocycles. The van der Waals surface area contributed by atoms with Crippen LogP contribution in [0.1, 0.15) is 51.4 Å². The Kier molecular flexibility index (Phi) is 3.41. The molecule has 16 heavy (non-hydrogen) atoms. The molecule has 0 bridgehead atoms. The van der Waals surface area contributed by atoms with Crippen molar-refractivity contribution in [3.63, 3.8) is 0 Å². The number of hydrogen-bond donors (Lipinski definition) is 1. The summed E-state index contributed by atoms with van der Waals surface area (Å²) in [5.41, 5.74) is 0. The van der Waals surface area contributed by atoms with Crippen LogP contribution in [0.25, 0.3) is 0 Å². The fourth-order valence-electron chi connectivity index (χ4n) is 3.25. The van der Waals surface area contributed by atoms with E-state index >= 15 is 0 Å². The number of thioether (sulfide) groups is 1. The summed E-state index contributed by atoms with van der Waals surface area (Å²) in [5.74, 6) is 2.19. The summed E-state index contributed by atoms with van der Waals surface area (Å²) in [7, 11) is 0. The lowest BCUT2D eigenvalue weighted by Crippen LogP contribution is -2.38. The largest absolute Gasteiger partial charge is 0.362 e. The second kappa shape index (κ2) is 4.99. The van der Waals surface area contributed by atoms with Crippen LogP contribution in [0.2, 0.25) is 0 Å². The van der Waals surface area contributed by atoms with E-state index in [9.17, 15) is 0 Å². The molecule has 0 spiro atoms. The van der Waals surface area contributed by atoms with E-state index in [-0.39, 0.29) is 0 Å². The van der Waals surface area contributed by atoms with Gasteiger partial charge >= 0.3 is 0 Å². The van der Waals surface area contributed by atoms with Gasteiger partial charge in [0.05, 0.1) is 6.04 Å². The molecule has 2 atom stereocenters. The first-order chi connectivity index (χ1) is 7.92. The van der Waals surface area contributed by atoms with Crippen LogP contribution in [0.5, 0.6) is 0 Å². The van der Waals surface area contributed by atoms with Crippen LogP contribution >= 0.6 is 11.8 Å². The average molecular weight is 238 g/mol. The summed E-state index contributed by atoms with van der Waals surface area (Å²) in [6.45, 7) is 0. The van der Waals surface area contributed by atoms with E-state index in [4.69, 9.17) is 4.99 Å². The van der Waals surface area contributed by atoms with Gasteiger partial charge in [-0.2, -0.15) is 0 Å². The van der Waals surface area contributed by atoms with Crippen LogP contribution in [0.15, 0.2) is 4.99 Å². The Hall–Kier alpha value is -0.180. The van der Waals surface area contributed by atoms with Gasteiger partial charge in [-0.3, -0.25) is 4.99 Å². The number of fused-ring (bicyclic) bond motifs is 1. The van der Waals surface area contributed by atoms with Crippen LogP contribution in [-0.4, -0.2) is 23.0 Å². The Bertz CT molecular complexity index is 271.